The Morgan fingerprint density at radius 3 is 2.52 bits per heavy atom. The summed E-state index contributed by atoms with van der Waals surface area (Å²) in [6, 6.07) is 3.14. The van der Waals surface area contributed by atoms with Gasteiger partial charge in [-0.1, -0.05) is 0 Å². The Hall–Kier alpha value is -1.75. The minimum atomic E-state index is -3.63. The van der Waals surface area contributed by atoms with Gasteiger partial charge in [0, 0.05) is 27.7 Å². The number of sulfonamides is 1. The summed E-state index contributed by atoms with van der Waals surface area (Å²) in [7, 11) is 1.09. The summed E-state index contributed by atoms with van der Waals surface area (Å²) in [5, 5.41) is 7.51. The smallest absolute Gasteiger partial charge is 0.244 e. The molecule has 10 heteroatoms. The van der Waals surface area contributed by atoms with Crippen LogP contribution >= 0.6 is 0 Å². The average molecular weight is 315 g/mol. The van der Waals surface area contributed by atoms with Crippen molar-refractivity contribution < 1.29 is 17.9 Å². The molecule has 0 amide bonds. The van der Waals surface area contributed by atoms with E-state index in [1.165, 1.54) is 20.2 Å². The Morgan fingerprint density at radius 1 is 1.24 bits per heavy atom. The Bertz CT molecular complexity index is 727. The maximum atomic E-state index is 12.3. The minimum absolute atomic E-state index is 0.0518. The first-order valence-electron chi connectivity index (χ1n) is 6.10. The van der Waals surface area contributed by atoms with Crippen molar-refractivity contribution in [2.24, 2.45) is 5.90 Å². The van der Waals surface area contributed by atoms with Crippen LogP contribution in [0.3, 0.4) is 0 Å². The molecule has 1 aromatic carbocycles. The second-order valence-corrected chi connectivity index (χ2v) is 6.74. The highest BCUT2D eigenvalue weighted by Gasteiger charge is 2.25. The normalized spacial score (nSPS) is 12.2. The van der Waals surface area contributed by atoms with E-state index in [9.17, 15) is 8.42 Å². The number of likely N-dealkylation sites (N-methyl/N-ethyl adjacent to an activating group) is 1. The molecular formula is C11H17N5O4S. The third-order valence-corrected chi connectivity index (χ3v) is 4.92. The number of nitrogens with two attached hydrogens (primary N) is 1. The number of nitrogens with zero attached hydrogens (tertiary/aromatic N) is 4. The van der Waals surface area contributed by atoms with Crippen LogP contribution in [-0.4, -0.2) is 57.3 Å². The third kappa shape index (κ3) is 2.83. The van der Waals surface area contributed by atoms with Crippen LogP contribution in [0.5, 0.6) is 0 Å². The second kappa shape index (κ2) is 5.93. The molecule has 0 saturated heterocycles. The molecule has 21 heavy (non-hydrogen) atoms. The van der Waals surface area contributed by atoms with Crippen LogP contribution in [0.2, 0.25) is 0 Å². The van der Waals surface area contributed by atoms with Gasteiger partial charge in [-0.2, -0.15) is 0 Å². The van der Waals surface area contributed by atoms with Crippen LogP contribution in [0.4, 0.5) is 5.69 Å². The monoisotopic (exact) mass is 315 g/mol. The van der Waals surface area contributed by atoms with E-state index >= 15 is 0 Å². The molecule has 0 bridgehead atoms. The standard InChI is InChI=1S/C11H17N5O4S/c1-15(2)21(17,18)9-5-4-8(16(3)6-7-19-12)10-11(9)14-20-13-10/h4-5H,6-7,12H2,1-3H3. The quantitative estimate of drug-likeness (QED) is 0.729. The van der Waals surface area contributed by atoms with Gasteiger partial charge >= 0.3 is 0 Å². The minimum Gasteiger partial charge on any atom is -0.370 e. The van der Waals surface area contributed by atoms with Gasteiger partial charge in [0.1, 0.15) is 4.90 Å². The number of hydrogen-bond acceptors (Lipinski definition) is 8. The summed E-state index contributed by atoms with van der Waals surface area (Å²) in [5.41, 5.74) is 1.25. The molecule has 2 aromatic rings. The summed E-state index contributed by atoms with van der Waals surface area (Å²) < 4.78 is 30.4. The molecule has 0 fully saturated rings. The first-order chi connectivity index (χ1) is 9.89. The SMILES string of the molecule is CN(CCON)c1ccc(S(=O)(=O)N(C)C)c2nonc12. The molecule has 0 aliphatic heterocycles. The molecule has 116 valence electrons. The predicted molar refractivity (Wildman–Crippen MR) is 76.1 cm³/mol. The molecule has 0 unspecified atom stereocenters. The Balaban J connectivity index is 2.54. The van der Waals surface area contributed by atoms with Crippen molar-refractivity contribution in [2.75, 3.05) is 39.2 Å². The van der Waals surface area contributed by atoms with E-state index in [1.54, 1.807) is 6.07 Å². The fourth-order valence-corrected chi connectivity index (χ4v) is 2.87. The number of aromatic nitrogens is 2. The lowest BCUT2D eigenvalue weighted by Gasteiger charge is -2.19. The van der Waals surface area contributed by atoms with Crippen molar-refractivity contribution in [1.82, 2.24) is 14.6 Å². The van der Waals surface area contributed by atoms with Crippen molar-refractivity contribution in [3.63, 3.8) is 0 Å². The number of benzene rings is 1. The Kier molecular flexibility index (Phi) is 4.42. The molecule has 0 aliphatic rings. The number of rotatable bonds is 6. The van der Waals surface area contributed by atoms with Gasteiger partial charge in [0.05, 0.1) is 12.3 Å². The Morgan fingerprint density at radius 2 is 1.90 bits per heavy atom. The van der Waals surface area contributed by atoms with Gasteiger partial charge in [-0.05, 0) is 22.4 Å². The van der Waals surface area contributed by atoms with Gasteiger partial charge in [0.25, 0.3) is 0 Å². The molecule has 1 aromatic heterocycles. The molecule has 2 N–H and O–H groups in total. The van der Waals surface area contributed by atoms with Crippen LogP contribution in [0.1, 0.15) is 0 Å². The third-order valence-electron chi connectivity index (χ3n) is 3.07. The molecular weight excluding hydrogens is 298 g/mol. The highest BCUT2D eigenvalue weighted by molar-refractivity contribution is 7.89. The average Bonchev–Trinajstić information content (AvgIpc) is 2.92. The van der Waals surface area contributed by atoms with Crippen molar-refractivity contribution in [1.29, 1.82) is 0 Å². The van der Waals surface area contributed by atoms with Gasteiger partial charge in [0.15, 0.2) is 11.0 Å². The van der Waals surface area contributed by atoms with Crippen LogP contribution in [0.25, 0.3) is 11.0 Å². The maximum absolute atomic E-state index is 12.3. The van der Waals surface area contributed by atoms with E-state index in [0.29, 0.717) is 24.4 Å². The Labute approximate surface area is 122 Å². The van der Waals surface area contributed by atoms with E-state index in [2.05, 4.69) is 15.2 Å². The van der Waals surface area contributed by atoms with E-state index in [4.69, 9.17) is 10.5 Å². The maximum Gasteiger partial charge on any atom is 0.244 e. The molecule has 0 radical (unpaired) electrons. The van der Waals surface area contributed by atoms with Crippen molar-refractivity contribution >= 4 is 26.7 Å². The van der Waals surface area contributed by atoms with Crippen LogP contribution in [0, 0.1) is 0 Å². The first kappa shape index (κ1) is 15.6. The zero-order chi connectivity index (χ0) is 15.6. The highest BCUT2D eigenvalue weighted by atomic mass is 32.2. The molecule has 0 atom stereocenters. The van der Waals surface area contributed by atoms with Crippen LogP contribution in [0.15, 0.2) is 21.7 Å². The number of fused-ring (bicyclic) bond motifs is 1. The lowest BCUT2D eigenvalue weighted by Crippen LogP contribution is -2.25. The van der Waals surface area contributed by atoms with Gasteiger partial charge in [-0.25, -0.2) is 23.2 Å². The lowest BCUT2D eigenvalue weighted by atomic mass is 10.2. The molecule has 1 heterocycles. The van der Waals surface area contributed by atoms with E-state index in [-0.39, 0.29) is 10.4 Å². The molecule has 2 rings (SSSR count). The van der Waals surface area contributed by atoms with Gasteiger partial charge in [-0.3, -0.25) is 0 Å². The van der Waals surface area contributed by atoms with Crippen molar-refractivity contribution in [3.8, 4) is 0 Å². The zero-order valence-electron chi connectivity index (χ0n) is 12.0. The highest BCUT2D eigenvalue weighted by Crippen LogP contribution is 2.29. The summed E-state index contributed by atoms with van der Waals surface area (Å²) in [6.45, 7) is 0.833. The topological polar surface area (TPSA) is 115 Å². The summed E-state index contributed by atoms with van der Waals surface area (Å²) in [5.74, 6) is 5.00. The molecule has 0 aliphatic carbocycles. The zero-order valence-corrected chi connectivity index (χ0v) is 12.8. The van der Waals surface area contributed by atoms with Crippen LogP contribution < -0.4 is 10.8 Å². The summed E-state index contributed by atoms with van der Waals surface area (Å²) in [4.78, 5) is 6.41. The predicted octanol–water partition coefficient (Wildman–Crippen LogP) is -0.200. The summed E-state index contributed by atoms with van der Waals surface area (Å²) in [6.07, 6.45) is 0. The van der Waals surface area contributed by atoms with Crippen LogP contribution in [-0.2, 0) is 14.9 Å². The second-order valence-electron chi connectivity index (χ2n) is 4.62. The van der Waals surface area contributed by atoms with Crippen molar-refractivity contribution in [2.45, 2.75) is 4.90 Å². The summed E-state index contributed by atoms with van der Waals surface area (Å²) >= 11 is 0. The van der Waals surface area contributed by atoms with Crippen molar-refractivity contribution in [3.05, 3.63) is 12.1 Å². The van der Waals surface area contributed by atoms with E-state index < -0.39 is 10.0 Å². The van der Waals surface area contributed by atoms with Gasteiger partial charge in [-0.15, -0.1) is 0 Å². The molecule has 0 spiro atoms. The number of hydrogen-bond donors (Lipinski definition) is 1. The molecule has 0 saturated carbocycles. The van der Waals surface area contributed by atoms with Gasteiger partial charge in [0.2, 0.25) is 10.0 Å². The largest absolute Gasteiger partial charge is 0.370 e. The van der Waals surface area contributed by atoms with E-state index in [1.807, 2.05) is 11.9 Å². The fraction of sp³-hybridized carbons (Fsp3) is 0.455. The van der Waals surface area contributed by atoms with E-state index in [0.717, 1.165) is 4.31 Å². The van der Waals surface area contributed by atoms with Gasteiger partial charge < -0.3 is 9.74 Å². The fourth-order valence-electron chi connectivity index (χ4n) is 1.85. The first-order valence-corrected chi connectivity index (χ1v) is 7.54. The molecule has 9 nitrogen and oxygen atoms in total. The lowest BCUT2D eigenvalue weighted by molar-refractivity contribution is 0.145. The number of anilines is 1.